The number of carbonyl (C=O) groups excluding carboxylic acids is 1. The summed E-state index contributed by atoms with van der Waals surface area (Å²) in [7, 11) is -3.37. The highest BCUT2D eigenvalue weighted by atomic mass is 32.2. The van der Waals surface area contributed by atoms with Crippen LogP contribution in [0.5, 0.6) is 0 Å². The van der Waals surface area contributed by atoms with Gasteiger partial charge in [-0.3, -0.25) is 9.52 Å². The molecule has 0 aromatic rings. The highest BCUT2D eigenvalue weighted by molar-refractivity contribution is 7.98. The predicted molar refractivity (Wildman–Crippen MR) is 59.8 cm³/mol. The quantitative estimate of drug-likeness (QED) is 0.673. The van der Waals surface area contributed by atoms with Crippen LogP contribution < -0.4 is 4.72 Å². The lowest BCUT2D eigenvalue weighted by Crippen LogP contribution is -2.32. The van der Waals surface area contributed by atoms with Crippen LogP contribution in [0.1, 0.15) is 26.2 Å². The van der Waals surface area contributed by atoms with E-state index in [1.54, 1.807) is 18.7 Å². The Hall–Kier alpha value is -0.230. The van der Waals surface area contributed by atoms with Crippen molar-refractivity contribution >= 4 is 27.7 Å². The molecule has 0 aromatic carbocycles. The van der Waals surface area contributed by atoms with Crippen molar-refractivity contribution in [2.45, 2.75) is 26.2 Å². The van der Waals surface area contributed by atoms with E-state index in [2.05, 4.69) is 0 Å². The van der Waals surface area contributed by atoms with Crippen molar-refractivity contribution in [2.24, 2.45) is 0 Å². The third kappa shape index (κ3) is 7.20. The Labute approximate surface area is 89.9 Å². The van der Waals surface area contributed by atoms with E-state index in [-0.39, 0.29) is 12.2 Å². The summed E-state index contributed by atoms with van der Waals surface area (Å²) in [4.78, 5) is 11.1. The van der Waals surface area contributed by atoms with E-state index < -0.39 is 15.9 Å². The molecule has 4 nitrogen and oxygen atoms in total. The molecule has 84 valence electrons. The van der Waals surface area contributed by atoms with Crippen molar-refractivity contribution in [3.63, 3.8) is 0 Å². The van der Waals surface area contributed by atoms with Gasteiger partial charge >= 0.3 is 0 Å². The maximum atomic E-state index is 11.1. The van der Waals surface area contributed by atoms with Crippen molar-refractivity contribution in [2.75, 3.05) is 17.8 Å². The first-order valence-corrected chi connectivity index (χ1v) is 7.58. The Morgan fingerprint density at radius 1 is 1.43 bits per heavy atom. The molecular formula is C8H17NO3S2. The Morgan fingerprint density at radius 3 is 2.57 bits per heavy atom. The maximum Gasteiger partial charge on any atom is 0.234 e. The van der Waals surface area contributed by atoms with Gasteiger partial charge in [0.15, 0.2) is 0 Å². The zero-order chi connectivity index (χ0) is 11.0. The summed E-state index contributed by atoms with van der Waals surface area (Å²) in [6.45, 7) is 1.76. The first-order chi connectivity index (χ1) is 6.52. The molecule has 14 heavy (non-hydrogen) atoms. The summed E-state index contributed by atoms with van der Waals surface area (Å²) in [6, 6.07) is 0. The smallest absolute Gasteiger partial charge is 0.234 e. The minimum Gasteiger partial charge on any atom is -0.274 e. The lowest BCUT2D eigenvalue weighted by atomic mass is 10.3. The topological polar surface area (TPSA) is 63.2 Å². The van der Waals surface area contributed by atoms with Gasteiger partial charge in [-0.1, -0.05) is 6.92 Å². The lowest BCUT2D eigenvalue weighted by Gasteiger charge is -2.04. The third-order valence-electron chi connectivity index (χ3n) is 1.49. The Kier molecular flexibility index (Phi) is 7.00. The molecule has 0 unspecified atom stereocenters. The fourth-order valence-electron chi connectivity index (χ4n) is 0.921. The molecule has 0 radical (unpaired) electrons. The van der Waals surface area contributed by atoms with Gasteiger partial charge in [0.05, 0.1) is 5.75 Å². The minimum absolute atomic E-state index is 0.0151. The van der Waals surface area contributed by atoms with E-state index in [1.807, 2.05) is 11.0 Å². The number of carbonyl (C=O) groups is 1. The second-order valence-corrected chi connectivity index (χ2v) is 5.77. The van der Waals surface area contributed by atoms with Crippen molar-refractivity contribution < 1.29 is 13.2 Å². The van der Waals surface area contributed by atoms with Gasteiger partial charge in [0.1, 0.15) is 0 Å². The van der Waals surface area contributed by atoms with Crippen molar-refractivity contribution in [1.82, 2.24) is 4.72 Å². The first kappa shape index (κ1) is 13.8. The largest absolute Gasteiger partial charge is 0.274 e. The van der Waals surface area contributed by atoms with E-state index in [9.17, 15) is 13.2 Å². The average Bonchev–Trinajstić information content (AvgIpc) is 2.03. The van der Waals surface area contributed by atoms with Gasteiger partial charge in [-0.25, -0.2) is 8.42 Å². The number of sulfonamides is 1. The van der Waals surface area contributed by atoms with Crippen LogP contribution >= 0.6 is 11.8 Å². The lowest BCUT2D eigenvalue weighted by molar-refractivity contribution is -0.119. The number of hydrogen-bond donors (Lipinski definition) is 1. The van der Waals surface area contributed by atoms with Gasteiger partial charge in [0, 0.05) is 6.42 Å². The molecule has 1 N–H and O–H groups in total. The van der Waals surface area contributed by atoms with Gasteiger partial charge in [-0.2, -0.15) is 11.8 Å². The molecule has 0 spiro atoms. The van der Waals surface area contributed by atoms with Crippen LogP contribution in [0.2, 0.25) is 0 Å². The van der Waals surface area contributed by atoms with Crippen LogP contribution in [0.25, 0.3) is 0 Å². The van der Waals surface area contributed by atoms with Crippen LogP contribution in [-0.2, 0) is 14.8 Å². The molecular weight excluding hydrogens is 222 g/mol. The Balaban J connectivity index is 3.82. The van der Waals surface area contributed by atoms with Gasteiger partial charge in [-0.05, 0) is 24.9 Å². The molecule has 0 saturated carbocycles. The molecule has 0 atom stereocenters. The molecule has 0 bridgehead atoms. The van der Waals surface area contributed by atoms with E-state index in [0.29, 0.717) is 12.8 Å². The third-order valence-corrected chi connectivity index (χ3v) is 3.68. The molecule has 1 amide bonds. The monoisotopic (exact) mass is 239 g/mol. The molecule has 0 aliphatic carbocycles. The zero-order valence-electron chi connectivity index (χ0n) is 8.58. The van der Waals surface area contributed by atoms with E-state index in [0.717, 1.165) is 5.75 Å². The van der Waals surface area contributed by atoms with Crippen LogP contribution in [0.15, 0.2) is 0 Å². The van der Waals surface area contributed by atoms with Gasteiger partial charge in [-0.15, -0.1) is 0 Å². The van der Waals surface area contributed by atoms with Crippen molar-refractivity contribution in [3.8, 4) is 0 Å². The number of hydrogen-bond acceptors (Lipinski definition) is 4. The summed E-state index contributed by atoms with van der Waals surface area (Å²) in [5.41, 5.74) is 0. The van der Waals surface area contributed by atoms with E-state index in [4.69, 9.17) is 0 Å². The predicted octanol–water partition coefficient (Wildman–Crippen LogP) is 0.986. The molecule has 0 aliphatic rings. The van der Waals surface area contributed by atoms with Gasteiger partial charge < -0.3 is 0 Å². The molecule has 0 aliphatic heterocycles. The normalized spacial score (nSPS) is 11.3. The number of thioether (sulfide) groups is 1. The molecule has 0 rings (SSSR count). The van der Waals surface area contributed by atoms with Gasteiger partial charge in [0.2, 0.25) is 15.9 Å². The second-order valence-electron chi connectivity index (χ2n) is 2.94. The Bertz CT molecular complexity index is 262. The maximum absolute atomic E-state index is 11.1. The number of nitrogens with one attached hydrogen (secondary N) is 1. The molecule has 0 heterocycles. The number of amides is 1. The SMILES string of the molecule is CCCS(=O)(=O)NC(=O)CCCSC. The summed E-state index contributed by atoms with van der Waals surface area (Å²) in [5, 5.41) is 0. The summed E-state index contributed by atoms with van der Waals surface area (Å²) >= 11 is 1.64. The van der Waals surface area contributed by atoms with E-state index in [1.165, 1.54) is 0 Å². The Morgan fingerprint density at radius 2 is 2.07 bits per heavy atom. The van der Waals surface area contributed by atoms with Crippen molar-refractivity contribution in [1.29, 1.82) is 0 Å². The first-order valence-electron chi connectivity index (χ1n) is 4.54. The van der Waals surface area contributed by atoms with Crippen LogP contribution in [0.4, 0.5) is 0 Å². The van der Waals surface area contributed by atoms with Crippen LogP contribution in [0.3, 0.4) is 0 Å². The number of rotatable bonds is 7. The molecule has 0 aromatic heterocycles. The summed E-state index contributed by atoms with van der Waals surface area (Å²) in [6.07, 6.45) is 3.47. The van der Waals surface area contributed by atoms with Gasteiger partial charge in [0.25, 0.3) is 0 Å². The fraction of sp³-hybridized carbons (Fsp3) is 0.875. The van der Waals surface area contributed by atoms with Crippen molar-refractivity contribution in [3.05, 3.63) is 0 Å². The molecule has 0 fully saturated rings. The fourth-order valence-corrected chi connectivity index (χ4v) is 2.44. The highest BCUT2D eigenvalue weighted by Crippen LogP contribution is 1.99. The second kappa shape index (κ2) is 7.11. The molecule has 6 heteroatoms. The zero-order valence-corrected chi connectivity index (χ0v) is 10.2. The summed E-state index contributed by atoms with van der Waals surface area (Å²) < 4.78 is 24.3. The standard InChI is InChI=1S/C8H17NO3S2/c1-3-7-14(11,12)9-8(10)5-4-6-13-2/h3-7H2,1-2H3,(H,9,10). The summed E-state index contributed by atoms with van der Waals surface area (Å²) in [5.74, 6) is 0.496. The van der Waals surface area contributed by atoms with Crippen LogP contribution in [0, 0.1) is 0 Å². The molecule has 0 saturated heterocycles. The van der Waals surface area contributed by atoms with E-state index >= 15 is 0 Å². The van der Waals surface area contributed by atoms with Crippen LogP contribution in [-0.4, -0.2) is 32.1 Å². The average molecular weight is 239 g/mol. The highest BCUT2D eigenvalue weighted by Gasteiger charge is 2.12. The minimum atomic E-state index is -3.37.